The predicted octanol–water partition coefficient (Wildman–Crippen LogP) is 1.88. The monoisotopic (exact) mass is 190 g/mol. The smallest absolute Gasteiger partial charge is 0.339 e. The number of rotatable bonds is 1. The molecule has 1 rings (SSSR count). The lowest BCUT2D eigenvalue weighted by atomic mass is 10.2. The zero-order valence-corrected chi connectivity index (χ0v) is 6.47. The van der Waals surface area contributed by atoms with Crippen molar-refractivity contribution < 1.29 is 19.4 Å². The second-order valence-electron chi connectivity index (χ2n) is 2.09. The highest BCUT2D eigenvalue weighted by Gasteiger charge is 2.14. The highest BCUT2D eigenvalue weighted by Crippen LogP contribution is 2.28. The van der Waals surface area contributed by atoms with Gasteiger partial charge in [0.05, 0.1) is 5.02 Å². The molecule has 3 nitrogen and oxygen atoms in total. The van der Waals surface area contributed by atoms with Gasteiger partial charge in [0.15, 0.2) is 0 Å². The molecular formula is C7H4ClFO3. The average Bonchev–Trinajstić information content (AvgIpc) is 1.96. The van der Waals surface area contributed by atoms with Gasteiger partial charge in [0, 0.05) is 0 Å². The Morgan fingerprint density at radius 1 is 1.50 bits per heavy atom. The van der Waals surface area contributed by atoms with Gasteiger partial charge in [-0.25, -0.2) is 9.18 Å². The van der Waals surface area contributed by atoms with E-state index < -0.39 is 23.1 Å². The molecule has 1 aromatic carbocycles. The summed E-state index contributed by atoms with van der Waals surface area (Å²) in [5.41, 5.74) is -0.542. The van der Waals surface area contributed by atoms with E-state index in [1.165, 1.54) is 0 Å². The molecule has 0 radical (unpaired) electrons. The molecule has 0 unspecified atom stereocenters. The Hall–Kier alpha value is -1.29. The van der Waals surface area contributed by atoms with E-state index in [0.717, 1.165) is 6.07 Å². The van der Waals surface area contributed by atoms with Gasteiger partial charge in [-0.05, 0) is 12.1 Å². The third kappa shape index (κ3) is 1.48. The van der Waals surface area contributed by atoms with Crippen LogP contribution in [0, 0.1) is 5.82 Å². The second-order valence-corrected chi connectivity index (χ2v) is 2.50. The first-order valence-electron chi connectivity index (χ1n) is 2.93. The van der Waals surface area contributed by atoms with Gasteiger partial charge in [0.25, 0.3) is 0 Å². The highest BCUT2D eigenvalue weighted by molar-refractivity contribution is 6.32. The molecule has 0 heterocycles. The number of hydrogen-bond donors (Lipinski definition) is 2. The van der Waals surface area contributed by atoms with Gasteiger partial charge >= 0.3 is 5.97 Å². The minimum atomic E-state index is -1.42. The molecule has 1 aromatic rings. The maximum atomic E-state index is 12.5. The number of aromatic carboxylic acids is 1. The van der Waals surface area contributed by atoms with Crippen molar-refractivity contribution in [1.82, 2.24) is 0 Å². The van der Waals surface area contributed by atoms with E-state index in [-0.39, 0.29) is 5.02 Å². The van der Waals surface area contributed by atoms with Gasteiger partial charge in [0.2, 0.25) is 0 Å². The molecule has 0 saturated heterocycles. The molecule has 0 aliphatic carbocycles. The van der Waals surface area contributed by atoms with Crippen LogP contribution in [0.25, 0.3) is 0 Å². The Bertz CT molecular complexity index is 338. The van der Waals surface area contributed by atoms with Crippen LogP contribution in [0.2, 0.25) is 5.02 Å². The number of benzene rings is 1. The van der Waals surface area contributed by atoms with Crippen LogP contribution in [0.1, 0.15) is 10.4 Å². The van der Waals surface area contributed by atoms with Gasteiger partial charge in [0.1, 0.15) is 17.1 Å². The summed E-state index contributed by atoms with van der Waals surface area (Å²) in [5, 5.41) is 17.1. The molecule has 0 saturated carbocycles. The van der Waals surface area contributed by atoms with Crippen molar-refractivity contribution >= 4 is 17.6 Å². The van der Waals surface area contributed by atoms with Gasteiger partial charge in [-0.2, -0.15) is 0 Å². The topological polar surface area (TPSA) is 57.5 Å². The molecule has 0 fully saturated rings. The number of phenols is 1. The molecule has 5 heteroatoms. The molecule has 0 spiro atoms. The molecule has 2 N–H and O–H groups in total. The summed E-state index contributed by atoms with van der Waals surface area (Å²) >= 11 is 5.31. The van der Waals surface area contributed by atoms with Crippen molar-refractivity contribution in [2.75, 3.05) is 0 Å². The van der Waals surface area contributed by atoms with Crippen LogP contribution in [-0.2, 0) is 0 Å². The standard InChI is InChI=1S/C7H4ClFO3/c8-5-2-3(9)1-4(6(5)10)7(11)12/h1-2,10H,(H,11,12). The maximum absolute atomic E-state index is 12.5. The van der Waals surface area contributed by atoms with Crippen molar-refractivity contribution in [3.8, 4) is 5.75 Å². The number of carbonyl (C=O) groups is 1. The first kappa shape index (κ1) is 8.80. The lowest BCUT2D eigenvalue weighted by molar-refractivity contribution is 0.0693. The quantitative estimate of drug-likeness (QED) is 0.711. The fourth-order valence-electron chi connectivity index (χ4n) is 0.729. The lowest BCUT2D eigenvalue weighted by Gasteiger charge is -2.00. The van der Waals surface area contributed by atoms with Crippen molar-refractivity contribution in [3.63, 3.8) is 0 Å². The summed E-state index contributed by atoms with van der Waals surface area (Å²) in [6, 6.07) is 1.53. The Morgan fingerprint density at radius 2 is 2.08 bits per heavy atom. The minimum absolute atomic E-state index is 0.313. The van der Waals surface area contributed by atoms with E-state index in [0.29, 0.717) is 6.07 Å². The molecule has 0 aliphatic rings. The zero-order chi connectivity index (χ0) is 9.30. The Morgan fingerprint density at radius 3 is 2.58 bits per heavy atom. The molecule has 0 bridgehead atoms. The van der Waals surface area contributed by atoms with Crippen LogP contribution in [-0.4, -0.2) is 16.2 Å². The van der Waals surface area contributed by atoms with Gasteiger partial charge in [-0.15, -0.1) is 0 Å². The molecule has 0 aliphatic heterocycles. The van der Waals surface area contributed by atoms with Crippen LogP contribution < -0.4 is 0 Å². The largest absolute Gasteiger partial charge is 0.505 e. The second kappa shape index (κ2) is 2.98. The SMILES string of the molecule is O=C(O)c1cc(F)cc(Cl)c1O. The van der Waals surface area contributed by atoms with E-state index in [1.807, 2.05) is 0 Å². The lowest BCUT2D eigenvalue weighted by Crippen LogP contribution is -1.97. The zero-order valence-electron chi connectivity index (χ0n) is 5.71. The Labute approximate surface area is 72.0 Å². The number of carboxylic acids is 1. The normalized spacial score (nSPS) is 9.83. The molecule has 0 amide bonds. The van der Waals surface area contributed by atoms with Gasteiger partial charge < -0.3 is 10.2 Å². The molecule has 0 aromatic heterocycles. The summed E-state index contributed by atoms with van der Waals surface area (Å²) < 4.78 is 12.5. The van der Waals surface area contributed by atoms with Gasteiger partial charge in [-0.3, -0.25) is 0 Å². The van der Waals surface area contributed by atoms with Gasteiger partial charge in [-0.1, -0.05) is 11.6 Å². The average molecular weight is 191 g/mol. The molecule has 12 heavy (non-hydrogen) atoms. The maximum Gasteiger partial charge on any atom is 0.339 e. The number of hydrogen-bond acceptors (Lipinski definition) is 2. The first-order chi connectivity index (χ1) is 5.52. The van der Waals surface area contributed by atoms with Crippen molar-refractivity contribution in [2.45, 2.75) is 0 Å². The predicted molar refractivity (Wildman–Crippen MR) is 40.0 cm³/mol. The van der Waals surface area contributed by atoms with Crippen LogP contribution in [0.15, 0.2) is 12.1 Å². The minimum Gasteiger partial charge on any atom is -0.505 e. The van der Waals surface area contributed by atoms with Crippen molar-refractivity contribution in [1.29, 1.82) is 0 Å². The third-order valence-corrected chi connectivity index (χ3v) is 1.55. The first-order valence-corrected chi connectivity index (χ1v) is 3.31. The van der Waals surface area contributed by atoms with E-state index >= 15 is 0 Å². The summed E-state index contributed by atoms with van der Waals surface area (Å²) in [4.78, 5) is 10.3. The van der Waals surface area contributed by atoms with E-state index in [4.69, 9.17) is 21.8 Å². The van der Waals surface area contributed by atoms with E-state index in [1.54, 1.807) is 0 Å². The summed E-state index contributed by atoms with van der Waals surface area (Å²) in [6.07, 6.45) is 0. The van der Waals surface area contributed by atoms with Crippen LogP contribution in [0.4, 0.5) is 4.39 Å². The fraction of sp³-hybridized carbons (Fsp3) is 0. The highest BCUT2D eigenvalue weighted by atomic mass is 35.5. The fourth-order valence-corrected chi connectivity index (χ4v) is 0.935. The number of carboxylic acid groups (broad SMARTS) is 1. The van der Waals surface area contributed by atoms with E-state index in [2.05, 4.69) is 0 Å². The number of halogens is 2. The van der Waals surface area contributed by atoms with Crippen molar-refractivity contribution in [2.24, 2.45) is 0 Å². The molecule has 64 valence electrons. The summed E-state index contributed by atoms with van der Waals surface area (Å²) in [5.74, 6) is -2.84. The Kier molecular flexibility index (Phi) is 2.19. The van der Waals surface area contributed by atoms with Crippen LogP contribution in [0.5, 0.6) is 5.75 Å². The van der Waals surface area contributed by atoms with Crippen molar-refractivity contribution in [3.05, 3.63) is 28.5 Å². The summed E-state index contributed by atoms with van der Waals surface area (Å²) in [7, 11) is 0. The molecular weight excluding hydrogens is 187 g/mol. The van der Waals surface area contributed by atoms with E-state index in [9.17, 15) is 9.18 Å². The summed E-state index contributed by atoms with van der Waals surface area (Å²) in [6.45, 7) is 0. The number of aromatic hydroxyl groups is 1. The van der Waals surface area contributed by atoms with Crippen LogP contribution >= 0.6 is 11.6 Å². The van der Waals surface area contributed by atoms with Crippen LogP contribution in [0.3, 0.4) is 0 Å². The molecule has 0 atom stereocenters. The Balaban J connectivity index is 3.37. The third-order valence-electron chi connectivity index (χ3n) is 1.26.